The Kier molecular flexibility index (Phi) is 4.34. The predicted octanol–water partition coefficient (Wildman–Crippen LogP) is 0.921. The molecule has 1 atom stereocenters. The highest BCUT2D eigenvalue weighted by atomic mass is 16.4. The Bertz CT molecular complexity index is 524. The first-order chi connectivity index (χ1) is 9.54. The van der Waals surface area contributed by atoms with Crippen LogP contribution in [0.3, 0.4) is 0 Å². The summed E-state index contributed by atoms with van der Waals surface area (Å²) in [6.07, 6.45) is 1.44. The summed E-state index contributed by atoms with van der Waals surface area (Å²) in [6, 6.07) is 6.56. The minimum atomic E-state index is -0.834. The molecule has 1 aromatic carbocycles. The van der Waals surface area contributed by atoms with E-state index >= 15 is 0 Å². The molecular weight excluding hydrogens is 260 g/mol. The minimum Gasteiger partial charge on any atom is -0.481 e. The average Bonchev–Trinajstić information content (AvgIpc) is 2.85. The summed E-state index contributed by atoms with van der Waals surface area (Å²) in [5, 5.41) is 13.9. The van der Waals surface area contributed by atoms with Gasteiger partial charge in [-0.3, -0.25) is 14.4 Å². The second-order valence-corrected chi connectivity index (χ2v) is 4.74. The number of rotatable bonds is 5. The number of anilines is 1. The fourth-order valence-corrected chi connectivity index (χ4v) is 2.05. The Balaban J connectivity index is 1.88. The number of carboxylic acid groups (broad SMARTS) is 1. The van der Waals surface area contributed by atoms with Gasteiger partial charge >= 0.3 is 5.97 Å². The number of carbonyl (C=O) groups excluding carboxylic acids is 2. The molecule has 1 aliphatic heterocycles. The third kappa shape index (κ3) is 3.81. The molecule has 0 bridgehead atoms. The maximum atomic E-state index is 11.9. The molecule has 2 amide bonds. The first-order valence-corrected chi connectivity index (χ1v) is 6.45. The van der Waals surface area contributed by atoms with Crippen molar-refractivity contribution in [3.8, 4) is 0 Å². The van der Waals surface area contributed by atoms with Gasteiger partial charge in [-0.15, -0.1) is 0 Å². The van der Waals surface area contributed by atoms with Crippen LogP contribution in [0.15, 0.2) is 24.3 Å². The van der Waals surface area contributed by atoms with Crippen molar-refractivity contribution in [3.63, 3.8) is 0 Å². The number of carbonyl (C=O) groups is 3. The van der Waals surface area contributed by atoms with Crippen molar-refractivity contribution in [2.45, 2.75) is 31.7 Å². The SMILES string of the molecule is O=C(O)CCc1ccc(NC(=O)C2CCC(=O)N2)cc1. The predicted molar refractivity (Wildman–Crippen MR) is 72.2 cm³/mol. The zero-order valence-corrected chi connectivity index (χ0v) is 10.9. The van der Waals surface area contributed by atoms with Gasteiger partial charge in [-0.05, 0) is 30.5 Å². The lowest BCUT2D eigenvalue weighted by Crippen LogP contribution is -2.37. The van der Waals surface area contributed by atoms with Crippen LogP contribution in [-0.4, -0.2) is 28.9 Å². The topological polar surface area (TPSA) is 95.5 Å². The van der Waals surface area contributed by atoms with Crippen molar-refractivity contribution in [2.24, 2.45) is 0 Å². The molecule has 1 saturated heterocycles. The number of aryl methyl sites for hydroxylation is 1. The Hall–Kier alpha value is -2.37. The first kappa shape index (κ1) is 14.0. The van der Waals surface area contributed by atoms with Crippen LogP contribution < -0.4 is 10.6 Å². The summed E-state index contributed by atoms with van der Waals surface area (Å²) < 4.78 is 0. The Labute approximate surface area is 116 Å². The monoisotopic (exact) mass is 276 g/mol. The number of nitrogens with one attached hydrogen (secondary N) is 2. The molecule has 0 aliphatic carbocycles. The molecular formula is C14H16N2O4. The zero-order valence-electron chi connectivity index (χ0n) is 10.9. The van der Waals surface area contributed by atoms with Crippen molar-refractivity contribution >= 4 is 23.5 Å². The second-order valence-electron chi connectivity index (χ2n) is 4.74. The third-order valence-corrected chi connectivity index (χ3v) is 3.16. The van der Waals surface area contributed by atoms with Crippen LogP contribution in [0.4, 0.5) is 5.69 Å². The molecule has 0 radical (unpaired) electrons. The lowest BCUT2D eigenvalue weighted by molar-refractivity contribution is -0.137. The smallest absolute Gasteiger partial charge is 0.303 e. The summed E-state index contributed by atoms with van der Waals surface area (Å²) in [6.45, 7) is 0. The van der Waals surface area contributed by atoms with Crippen LogP contribution in [-0.2, 0) is 20.8 Å². The maximum absolute atomic E-state index is 11.9. The van der Waals surface area contributed by atoms with Crippen molar-refractivity contribution in [1.82, 2.24) is 5.32 Å². The Morgan fingerprint density at radius 3 is 2.55 bits per heavy atom. The molecule has 20 heavy (non-hydrogen) atoms. The van der Waals surface area contributed by atoms with Gasteiger partial charge in [0.1, 0.15) is 6.04 Å². The van der Waals surface area contributed by atoms with Crippen molar-refractivity contribution in [1.29, 1.82) is 0 Å². The summed E-state index contributed by atoms with van der Waals surface area (Å²) in [5.41, 5.74) is 1.54. The summed E-state index contributed by atoms with van der Waals surface area (Å²) in [5.74, 6) is -1.16. The van der Waals surface area contributed by atoms with E-state index in [4.69, 9.17) is 5.11 Å². The number of aliphatic carboxylic acids is 1. The van der Waals surface area contributed by atoms with Gasteiger partial charge in [-0.1, -0.05) is 12.1 Å². The molecule has 1 aromatic rings. The highest BCUT2D eigenvalue weighted by Gasteiger charge is 2.26. The molecule has 1 heterocycles. The van der Waals surface area contributed by atoms with Gasteiger partial charge in [-0.2, -0.15) is 0 Å². The van der Waals surface area contributed by atoms with E-state index in [2.05, 4.69) is 10.6 Å². The summed E-state index contributed by atoms with van der Waals surface area (Å²) >= 11 is 0. The maximum Gasteiger partial charge on any atom is 0.303 e. The van der Waals surface area contributed by atoms with E-state index in [1.807, 2.05) is 0 Å². The van der Waals surface area contributed by atoms with Gasteiger partial charge in [0.2, 0.25) is 11.8 Å². The van der Waals surface area contributed by atoms with Crippen LogP contribution in [0.1, 0.15) is 24.8 Å². The fourth-order valence-electron chi connectivity index (χ4n) is 2.05. The molecule has 3 N–H and O–H groups in total. The van der Waals surface area contributed by atoms with Gasteiger partial charge in [0.05, 0.1) is 0 Å². The van der Waals surface area contributed by atoms with Gasteiger partial charge in [0, 0.05) is 18.5 Å². The quantitative estimate of drug-likeness (QED) is 0.745. The molecule has 2 rings (SSSR count). The van der Waals surface area contributed by atoms with Gasteiger partial charge in [0.15, 0.2) is 0 Å². The zero-order chi connectivity index (χ0) is 14.5. The van der Waals surface area contributed by atoms with Gasteiger partial charge in [-0.25, -0.2) is 0 Å². The van der Waals surface area contributed by atoms with E-state index in [1.54, 1.807) is 24.3 Å². The van der Waals surface area contributed by atoms with Gasteiger partial charge in [0.25, 0.3) is 0 Å². The molecule has 0 saturated carbocycles. The number of hydrogen-bond acceptors (Lipinski definition) is 3. The molecule has 1 unspecified atom stereocenters. The van der Waals surface area contributed by atoms with Crippen LogP contribution in [0.2, 0.25) is 0 Å². The van der Waals surface area contributed by atoms with Crippen LogP contribution in [0, 0.1) is 0 Å². The standard InChI is InChI=1S/C14H16N2O4/c17-12-7-6-11(16-12)14(20)15-10-4-1-9(2-5-10)3-8-13(18)19/h1-2,4-5,11H,3,6-8H2,(H,15,20)(H,16,17)(H,18,19). The summed E-state index contributed by atoms with van der Waals surface area (Å²) in [7, 11) is 0. The first-order valence-electron chi connectivity index (χ1n) is 6.45. The molecule has 1 fully saturated rings. The minimum absolute atomic E-state index is 0.0831. The third-order valence-electron chi connectivity index (χ3n) is 3.16. The van der Waals surface area contributed by atoms with E-state index in [0.29, 0.717) is 24.9 Å². The van der Waals surface area contributed by atoms with Crippen LogP contribution in [0.25, 0.3) is 0 Å². The van der Waals surface area contributed by atoms with E-state index in [9.17, 15) is 14.4 Å². The molecule has 6 nitrogen and oxygen atoms in total. The van der Waals surface area contributed by atoms with E-state index < -0.39 is 12.0 Å². The Morgan fingerprint density at radius 1 is 1.30 bits per heavy atom. The Morgan fingerprint density at radius 2 is 2.00 bits per heavy atom. The number of benzene rings is 1. The highest BCUT2D eigenvalue weighted by Crippen LogP contribution is 2.13. The van der Waals surface area contributed by atoms with E-state index in [1.165, 1.54) is 0 Å². The normalized spacial score (nSPS) is 17.6. The molecule has 0 spiro atoms. The molecule has 6 heteroatoms. The van der Waals surface area contributed by atoms with Crippen LogP contribution in [0.5, 0.6) is 0 Å². The molecule has 0 aromatic heterocycles. The lowest BCUT2D eigenvalue weighted by atomic mass is 10.1. The fraction of sp³-hybridized carbons (Fsp3) is 0.357. The second kappa shape index (κ2) is 6.18. The van der Waals surface area contributed by atoms with E-state index in [0.717, 1.165) is 5.56 Å². The molecule has 106 valence electrons. The van der Waals surface area contributed by atoms with Gasteiger partial charge < -0.3 is 15.7 Å². The number of carboxylic acids is 1. The molecule has 1 aliphatic rings. The average molecular weight is 276 g/mol. The van der Waals surface area contributed by atoms with Crippen molar-refractivity contribution in [2.75, 3.05) is 5.32 Å². The summed E-state index contributed by atoms with van der Waals surface area (Å²) in [4.78, 5) is 33.4. The van der Waals surface area contributed by atoms with E-state index in [-0.39, 0.29) is 18.2 Å². The number of hydrogen-bond donors (Lipinski definition) is 3. The largest absolute Gasteiger partial charge is 0.481 e. The highest BCUT2D eigenvalue weighted by molar-refractivity contribution is 5.98. The van der Waals surface area contributed by atoms with Crippen LogP contribution >= 0.6 is 0 Å². The number of amides is 2. The van der Waals surface area contributed by atoms with Crippen molar-refractivity contribution < 1.29 is 19.5 Å². The van der Waals surface area contributed by atoms with Crippen molar-refractivity contribution in [3.05, 3.63) is 29.8 Å². The lowest BCUT2D eigenvalue weighted by Gasteiger charge is -2.11.